The predicted octanol–water partition coefficient (Wildman–Crippen LogP) is 2.65. The zero-order valence-corrected chi connectivity index (χ0v) is 11.3. The maximum atomic E-state index is 11.5. The molecule has 19 heavy (non-hydrogen) atoms. The van der Waals surface area contributed by atoms with E-state index in [1.165, 1.54) is 0 Å². The van der Waals surface area contributed by atoms with Crippen LogP contribution < -0.4 is 5.32 Å². The highest BCUT2D eigenvalue weighted by Crippen LogP contribution is 2.20. The van der Waals surface area contributed by atoms with Crippen molar-refractivity contribution >= 4 is 16.7 Å². The van der Waals surface area contributed by atoms with Crippen molar-refractivity contribution in [2.75, 3.05) is 6.54 Å². The number of aliphatic hydroxyl groups excluding tert-OH is 1. The van der Waals surface area contributed by atoms with Gasteiger partial charge >= 0.3 is 0 Å². The van der Waals surface area contributed by atoms with E-state index in [9.17, 15) is 9.90 Å². The summed E-state index contributed by atoms with van der Waals surface area (Å²) in [5.74, 6) is -0.108. The number of amides is 1. The Kier molecular flexibility index (Phi) is 4.17. The van der Waals surface area contributed by atoms with Gasteiger partial charge in [0.25, 0.3) is 0 Å². The molecule has 1 unspecified atom stereocenters. The Bertz CT molecular complexity index is 578. The van der Waals surface area contributed by atoms with Crippen molar-refractivity contribution in [1.29, 1.82) is 0 Å². The van der Waals surface area contributed by atoms with Crippen molar-refractivity contribution in [3.05, 3.63) is 48.0 Å². The Hall–Kier alpha value is -1.87. The third-order valence-corrected chi connectivity index (χ3v) is 3.15. The lowest BCUT2D eigenvalue weighted by atomic mass is 10.0. The molecule has 0 aromatic heterocycles. The van der Waals surface area contributed by atoms with Crippen molar-refractivity contribution in [2.24, 2.45) is 5.92 Å². The molecule has 3 nitrogen and oxygen atoms in total. The van der Waals surface area contributed by atoms with E-state index in [2.05, 4.69) is 5.32 Å². The lowest BCUT2D eigenvalue weighted by Crippen LogP contribution is -2.31. The molecule has 0 saturated heterocycles. The number of carbonyl (C=O) groups is 1. The summed E-state index contributed by atoms with van der Waals surface area (Å²) in [7, 11) is 0. The Morgan fingerprint density at radius 2 is 1.84 bits per heavy atom. The molecule has 2 N–H and O–H groups in total. The second-order valence-corrected chi connectivity index (χ2v) is 5.02. The van der Waals surface area contributed by atoms with Gasteiger partial charge in [-0.25, -0.2) is 0 Å². The average molecular weight is 257 g/mol. The van der Waals surface area contributed by atoms with Crippen molar-refractivity contribution in [2.45, 2.75) is 20.0 Å². The van der Waals surface area contributed by atoms with Gasteiger partial charge in [0.15, 0.2) is 0 Å². The molecule has 1 amide bonds. The van der Waals surface area contributed by atoms with Crippen molar-refractivity contribution in [3.63, 3.8) is 0 Å². The molecule has 100 valence electrons. The second kappa shape index (κ2) is 5.85. The molecular weight excluding hydrogens is 238 g/mol. The van der Waals surface area contributed by atoms with Crippen LogP contribution in [0.2, 0.25) is 0 Å². The van der Waals surface area contributed by atoms with Crippen molar-refractivity contribution < 1.29 is 9.90 Å². The SMILES string of the molecule is CC(C)C(=O)NCC(O)c1ccc2ccccc2c1. The summed E-state index contributed by atoms with van der Waals surface area (Å²) in [6, 6.07) is 13.8. The van der Waals surface area contributed by atoms with Gasteiger partial charge in [-0.3, -0.25) is 4.79 Å². The van der Waals surface area contributed by atoms with Gasteiger partial charge in [0.05, 0.1) is 6.10 Å². The average Bonchev–Trinajstić information content (AvgIpc) is 2.43. The molecule has 0 saturated carbocycles. The van der Waals surface area contributed by atoms with E-state index in [4.69, 9.17) is 0 Å². The van der Waals surface area contributed by atoms with E-state index in [0.29, 0.717) is 0 Å². The predicted molar refractivity (Wildman–Crippen MR) is 76.8 cm³/mol. The van der Waals surface area contributed by atoms with Crippen LogP contribution in [0.5, 0.6) is 0 Å². The van der Waals surface area contributed by atoms with Gasteiger partial charge in [0.1, 0.15) is 0 Å². The van der Waals surface area contributed by atoms with Crippen molar-refractivity contribution in [3.8, 4) is 0 Å². The zero-order valence-electron chi connectivity index (χ0n) is 11.3. The maximum absolute atomic E-state index is 11.5. The summed E-state index contributed by atoms with van der Waals surface area (Å²) < 4.78 is 0. The van der Waals surface area contributed by atoms with E-state index < -0.39 is 6.10 Å². The molecule has 0 fully saturated rings. The number of nitrogens with one attached hydrogen (secondary N) is 1. The lowest BCUT2D eigenvalue weighted by Gasteiger charge is -2.14. The molecule has 0 aliphatic heterocycles. The van der Waals surface area contributed by atoms with Crippen LogP contribution in [0.25, 0.3) is 10.8 Å². The molecular formula is C16H19NO2. The maximum Gasteiger partial charge on any atom is 0.222 e. The third kappa shape index (κ3) is 3.32. The highest BCUT2D eigenvalue weighted by Gasteiger charge is 2.11. The molecule has 0 bridgehead atoms. The first-order valence-corrected chi connectivity index (χ1v) is 6.52. The first kappa shape index (κ1) is 13.6. The zero-order chi connectivity index (χ0) is 13.8. The van der Waals surface area contributed by atoms with Gasteiger partial charge in [-0.1, -0.05) is 50.2 Å². The molecule has 0 spiro atoms. The summed E-state index contributed by atoms with van der Waals surface area (Å²) in [6.07, 6.45) is -0.674. The van der Waals surface area contributed by atoms with Crippen LogP contribution in [0.1, 0.15) is 25.5 Å². The number of fused-ring (bicyclic) bond motifs is 1. The lowest BCUT2D eigenvalue weighted by molar-refractivity contribution is -0.124. The summed E-state index contributed by atoms with van der Waals surface area (Å²) in [4.78, 5) is 11.5. The van der Waals surface area contributed by atoms with Gasteiger partial charge in [-0.2, -0.15) is 0 Å². The number of benzene rings is 2. The Labute approximate surface area is 113 Å². The fraction of sp³-hybridized carbons (Fsp3) is 0.312. The number of aliphatic hydroxyl groups is 1. The minimum absolute atomic E-state index is 0.0418. The largest absolute Gasteiger partial charge is 0.387 e. The van der Waals surface area contributed by atoms with E-state index in [1.807, 2.05) is 56.3 Å². The van der Waals surface area contributed by atoms with E-state index >= 15 is 0 Å². The second-order valence-electron chi connectivity index (χ2n) is 5.02. The molecule has 3 heteroatoms. The number of carbonyl (C=O) groups excluding carboxylic acids is 1. The van der Waals surface area contributed by atoms with E-state index in [0.717, 1.165) is 16.3 Å². The smallest absolute Gasteiger partial charge is 0.222 e. The molecule has 2 rings (SSSR count). The Morgan fingerprint density at radius 1 is 1.16 bits per heavy atom. The summed E-state index contributed by atoms with van der Waals surface area (Å²) >= 11 is 0. The van der Waals surface area contributed by atoms with Gasteiger partial charge in [-0.05, 0) is 22.4 Å². The monoisotopic (exact) mass is 257 g/mol. The van der Waals surface area contributed by atoms with Gasteiger partial charge in [0, 0.05) is 12.5 Å². The van der Waals surface area contributed by atoms with Crippen LogP contribution in [0, 0.1) is 5.92 Å². The fourth-order valence-electron chi connectivity index (χ4n) is 1.93. The molecule has 0 heterocycles. The first-order chi connectivity index (χ1) is 9.08. The number of rotatable bonds is 4. The standard InChI is InChI=1S/C16H19NO2/c1-11(2)16(19)17-10-15(18)14-8-7-12-5-3-4-6-13(12)9-14/h3-9,11,15,18H,10H2,1-2H3,(H,17,19). The highest BCUT2D eigenvalue weighted by atomic mass is 16.3. The van der Waals surface area contributed by atoms with Gasteiger partial charge in [0.2, 0.25) is 5.91 Å². The molecule has 1 atom stereocenters. The van der Waals surface area contributed by atoms with Crippen LogP contribution in [0.15, 0.2) is 42.5 Å². The third-order valence-electron chi connectivity index (χ3n) is 3.15. The molecule has 0 aliphatic rings. The molecule has 0 aliphatic carbocycles. The van der Waals surface area contributed by atoms with Gasteiger partial charge < -0.3 is 10.4 Å². The van der Waals surface area contributed by atoms with Crippen LogP contribution in [0.4, 0.5) is 0 Å². The minimum atomic E-state index is -0.674. The minimum Gasteiger partial charge on any atom is -0.387 e. The number of hydrogen-bond acceptors (Lipinski definition) is 2. The summed E-state index contributed by atoms with van der Waals surface area (Å²) in [5.41, 5.74) is 0.822. The number of hydrogen-bond donors (Lipinski definition) is 2. The summed E-state index contributed by atoms with van der Waals surface area (Å²) in [5, 5.41) is 15.1. The molecule has 2 aromatic rings. The highest BCUT2D eigenvalue weighted by molar-refractivity contribution is 5.83. The summed E-state index contributed by atoms with van der Waals surface area (Å²) in [6.45, 7) is 3.91. The molecule has 2 aromatic carbocycles. The first-order valence-electron chi connectivity index (χ1n) is 6.52. The van der Waals surface area contributed by atoms with Crippen LogP contribution >= 0.6 is 0 Å². The topological polar surface area (TPSA) is 49.3 Å². The normalized spacial score (nSPS) is 12.6. The Morgan fingerprint density at radius 3 is 2.53 bits per heavy atom. The van der Waals surface area contributed by atoms with Crippen LogP contribution in [-0.2, 0) is 4.79 Å². The Balaban J connectivity index is 2.08. The van der Waals surface area contributed by atoms with Gasteiger partial charge in [-0.15, -0.1) is 0 Å². The quantitative estimate of drug-likeness (QED) is 0.884. The van der Waals surface area contributed by atoms with Crippen molar-refractivity contribution in [1.82, 2.24) is 5.32 Å². The van der Waals surface area contributed by atoms with E-state index in [-0.39, 0.29) is 18.4 Å². The molecule has 0 radical (unpaired) electrons. The van der Waals surface area contributed by atoms with E-state index in [1.54, 1.807) is 0 Å². The fourth-order valence-corrected chi connectivity index (χ4v) is 1.93. The van der Waals surface area contributed by atoms with Crippen LogP contribution in [-0.4, -0.2) is 17.6 Å². The van der Waals surface area contributed by atoms with Crippen LogP contribution in [0.3, 0.4) is 0 Å².